The van der Waals surface area contributed by atoms with E-state index in [1.807, 2.05) is 42.5 Å². The lowest BCUT2D eigenvalue weighted by Crippen LogP contribution is -2.06. The second kappa shape index (κ2) is 6.84. The highest BCUT2D eigenvalue weighted by Gasteiger charge is 2.14. The Morgan fingerprint density at radius 3 is 2.19 bits per heavy atom. The van der Waals surface area contributed by atoms with E-state index >= 15 is 0 Å². The summed E-state index contributed by atoms with van der Waals surface area (Å²) in [6, 6.07) is 25.5. The van der Waals surface area contributed by atoms with E-state index in [-0.39, 0.29) is 5.56 Å². The van der Waals surface area contributed by atoms with Gasteiger partial charge >= 0.3 is 5.97 Å². The number of hydrogen-bond acceptors (Lipinski definition) is 2. The number of fused-ring (bicyclic) bond motifs is 1. The minimum atomic E-state index is -0.936. The Labute approximate surface area is 151 Å². The average Bonchev–Trinajstić information content (AvgIpc) is 3.00. The van der Waals surface area contributed by atoms with Crippen LogP contribution in [0.1, 0.15) is 27.3 Å². The first-order valence-corrected chi connectivity index (χ1v) is 8.51. The molecule has 0 amide bonds. The van der Waals surface area contributed by atoms with Crippen molar-refractivity contribution in [3.63, 3.8) is 0 Å². The molecule has 4 aromatic rings. The van der Waals surface area contributed by atoms with Crippen LogP contribution in [0.25, 0.3) is 11.0 Å². The molecule has 0 aliphatic carbocycles. The van der Waals surface area contributed by atoms with Gasteiger partial charge in [0.2, 0.25) is 0 Å². The zero-order chi connectivity index (χ0) is 17.9. The summed E-state index contributed by atoms with van der Waals surface area (Å²) in [7, 11) is 0. The minimum Gasteiger partial charge on any atom is -0.478 e. The van der Waals surface area contributed by atoms with Crippen LogP contribution in [-0.2, 0) is 13.0 Å². The third-order valence-corrected chi connectivity index (χ3v) is 4.46. The Kier molecular flexibility index (Phi) is 4.23. The molecule has 3 aromatic carbocycles. The quantitative estimate of drug-likeness (QED) is 0.586. The predicted octanol–water partition coefficient (Wildman–Crippen LogP) is 4.37. The smallest absolute Gasteiger partial charge is 0.335 e. The molecule has 0 aliphatic rings. The fraction of sp³-hybridized carbons (Fsp3) is 0.0909. The number of hydrogen-bond donors (Lipinski definition) is 1. The first-order chi connectivity index (χ1) is 12.7. The van der Waals surface area contributed by atoms with Crippen LogP contribution in [0.3, 0.4) is 0 Å². The van der Waals surface area contributed by atoms with Gasteiger partial charge in [-0.05, 0) is 29.3 Å². The topological polar surface area (TPSA) is 55.1 Å². The minimum absolute atomic E-state index is 0.258. The maximum Gasteiger partial charge on any atom is 0.335 e. The zero-order valence-corrected chi connectivity index (χ0v) is 14.2. The van der Waals surface area contributed by atoms with Crippen molar-refractivity contribution in [3.8, 4) is 0 Å². The van der Waals surface area contributed by atoms with Crippen molar-refractivity contribution in [3.05, 3.63) is 101 Å². The van der Waals surface area contributed by atoms with Crippen LogP contribution in [0.4, 0.5) is 0 Å². The van der Waals surface area contributed by atoms with E-state index in [1.54, 1.807) is 12.1 Å². The van der Waals surface area contributed by atoms with Gasteiger partial charge in [-0.3, -0.25) is 0 Å². The van der Waals surface area contributed by atoms with Crippen molar-refractivity contribution in [2.45, 2.75) is 13.0 Å². The van der Waals surface area contributed by atoms with Crippen molar-refractivity contribution < 1.29 is 9.90 Å². The van der Waals surface area contributed by atoms with E-state index in [2.05, 4.69) is 28.8 Å². The summed E-state index contributed by atoms with van der Waals surface area (Å²) in [5, 5.41) is 9.26. The lowest BCUT2D eigenvalue weighted by Gasteiger charge is -2.10. The molecule has 1 aromatic heterocycles. The van der Waals surface area contributed by atoms with Gasteiger partial charge in [-0.1, -0.05) is 60.7 Å². The Morgan fingerprint density at radius 2 is 1.54 bits per heavy atom. The molecule has 0 atom stereocenters. The van der Waals surface area contributed by atoms with Crippen LogP contribution in [0.2, 0.25) is 0 Å². The molecule has 0 saturated heterocycles. The molecule has 4 nitrogen and oxygen atoms in total. The van der Waals surface area contributed by atoms with Crippen LogP contribution in [-0.4, -0.2) is 20.6 Å². The molecule has 4 rings (SSSR count). The summed E-state index contributed by atoms with van der Waals surface area (Å²) in [6.07, 6.45) is 0.699. The fourth-order valence-electron chi connectivity index (χ4n) is 3.17. The molecule has 0 radical (unpaired) electrons. The molecule has 1 heterocycles. The third-order valence-electron chi connectivity index (χ3n) is 4.46. The molecular weight excluding hydrogens is 324 g/mol. The summed E-state index contributed by atoms with van der Waals surface area (Å²) in [6.45, 7) is 0.700. The Hall–Kier alpha value is -3.40. The van der Waals surface area contributed by atoms with Gasteiger partial charge < -0.3 is 9.67 Å². The summed E-state index contributed by atoms with van der Waals surface area (Å²) < 4.78 is 2.17. The molecule has 0 aliphatic heterocycles. The standard InChI is InChI=1S/C22H18N2O2/c25-22(26)18-11-12-20-19(14-18)23-21(13-16-7-3-1-4-8-16)24(20)15-17-9-5-2-6-10-17/h1-12,14H,13,15H2,(H,25,26). The highest BCUT2D eigenvalue weighted by molar-refractivity contribution is 5.92. The molecule has 128 valence electrons. The molecule has 26 heavy (non-hydrogen) atoms. The average molecular weight is 342 g/mol. The van der Waals surface area contributed by atoms with Crippen LogP contribution in [0, 0.1) is 0 Å². The lowest BCUT2D eigenvalue weighted by atomic mass is 10.1. The normalized spacial score (nSPS) is 10.9. The van der Waals surface area contributed by atoms with Gasteiger partial charge in [0.1, 0.15) is 5.82 Å². The van der Waals surface area contributed by atoms with E-state index in [0.717, 1.165) is 11.3 Å². The molecular formula is C22H18N2O2. The van der Waals surface area contributed by atoms with Crippen LogP contribution in [0.5, 0.6) is 0 Å². The van der Waals surface area contributed by atoms with Crippen LogP contribution >= 0.6 is 0 Å². The number of carboxylic acid groups (broad SMARTS) is 1. The van der Waals surface area contributed by atoms with Gasteiger partial charge in [-0.25, -0.2) is 9.78 Å². The number of nitrogens with zero attached hydrogens (tertiary/aromatic N) is 2. The van der Waals surface area contributed by atoms with Crippen molar-refractivity contribution in [1.29, 1.82) is 0 Å². The number of carbonyl (C=O) groups is 1. The maximum absolute atomic E-state index is 11.3. The molecule has 0 saturated carbocycles. The van der Waals surface area contributed by atoms with Gasteiger partial charge in [-0.15, -0.1) is 0 Å². The molecule has 0 spiro atoms. The van der Waals surface area contributed by atoms with Gasteiger partial charge in [0.05, 0.1) is 16.6 Å². The number of imidazole rings is 1. The maximum atomic E-state index is 11.3. The van der Waals surface area contributed by atoms with E-state index in [1.165, 1.54) is 11.1 Å². The number of carboxylic acids is 1. The highest BCUT2D eigenvalue weighted by Crippen LogP contribution is 2.22. The Morgan fingerprint density at radius 1 is 0.885 bits per heavy atom. The van der Waals surface area contributed by atoms with E-state index in [0.29, 0.717) is 18.5 Å². The molecule has 4 heteroatoms. The van der Waals surface area contributed by atoms with Crippen molar-refractivity contribution in [2.24, 2.45) is 0 Å². The summed E-state index contributed by atoms with van der Waals surface area (Å²) in [4.78, 5) is 16.0. The van der Waals surface area contributed by atoms with Crippen LogP contribution in [0.15, 0.2) is 78.9 Å². The van der Waals surface area contributed by atoms with Crippen molar-refractivity contribution in [1.82, 2.24) is 9.55 Å². The second-order valence-corrected chi connectivity index (χ2v) is 6.27. The Bertz CT molecular complexity index is 1050. The van der Waals surface area contributed by atoms with Crippen LogP contribution < -0.4 is 0 Å². The number of aromatic carboxylic acids is 1. The second-order valence-electron chi connectivity index (χ2n) is 6.27. The lowest BCUT2D eigenvalue weighted by molar-refractivity contribution is 0.0697. The third kappa shape index (κ3) is 3.22. The molecule has 0 bridgehead atoms. The van der Waals surface area contributed by atoms with E-state index in [9.17, 15) is 9.90 Å². The summed E-state index contributed by atoms with van der Waals surface area (Å²) >= 11 is 0. The van der Waals surface area contributed by atoms with Gasteiger partial charge in [0.15, 0.2) is 0 Å². The zero-order valence-electron chi connectivity index (χ0n) is 14.2. The van der Waals surface area contributed by atoms with Gasteiger partial charge in [0, 0.05) is 13.0 Å². The van der Waals surface area contributed by atoms with Crippen molar-refractivity contribution >= 4 is 17.0 Å². The first kappa shape index (κ1) is 16.1. The fourth-order valence-corrected chi connectivity index (χ4v) is 3.17. The number of rotatable bonds is 5. The monoisotopic (exact) mass is 342 g/mol. The SMILES string of the molecule is O=C(O)c1ccc2c(c1)nc(Cc1ccccc1)n2Cc1ccccc1. The molecule has 0 fully saturated rings. The predicted molar refractivity (Wildman–Crippen MR) is 101 cm³/mol. The number of aromatic nitrogens is 2. The van der Waals surface area contributed by atoms with E-state index < -0.39 is 5.97 Å². The highest BCUT2D eigenvalue weighted by atomic mass is 16.4. The number of benzene rings is 3. The van der Waals surface area contributed by atoms with E-state index in [4.69, 9.17) is 4.98 Å². The summed E-state index contributed by atoms with van der Waals surface area (Å²) in [5.41, 5.74) is 4.28. The first-order valence-electron chi connectivity index (χ1n) is 8.51. The van der Waals surface area contributed by atoms with Crippen molar-refractivity contribution in [2.75, 3.05) is 0 Å². The van der Waals surface area contributed by atoms with Gasteiger partial charge in [-0.2, -0.15) is 0 Å². The molecule has 0 unspecified atom stereocenters. The van der Waals surface area contributed by atoms with Gasteiger partial charge in [0.25, 0.3) is 0 Å². The largest absolute Gasteiger partial charge is 0.478 e. The molecule has 1 N–H and O–H groups in total. The summed E-state index contributed by atoms with van der Waals surface area (Å²) in [5.74, 6) is -0.00768. The Balaban J connectivity index is 1.81.